The van der Waals surface area contributed by atoms with E-state index in [1.54, 1.807) is 48.4 Å². The van der Waals surface area contributed by atoms with Crippen LogP contribution < -0.4 is 15.5 Å². The smallest absolute Gasteiger partial charge is 0.321 e. The van der Waals surface area contributed by atoms with Gasteiger partial charge in [-0.05, 0) is 36.4 Å². The second-order valence-corrected chi connectivity index (χ2v) is 7.17. The van der Waals surface area contributed by atoms with Crippen molar-refractivity contribution in [1.82, 2.24) is 14.7 Å². The van der Waals surface area contributed by atoms with E-state index in [-0.39, 0.29) is 11.9 Å². The quantitative estimate of drug-likeness (QED) is 0.700. The number of carbonyl (C=O) groups excluding carboxylic acids is 2. The maximum absolute atomic E-state index is 12.6. The van der Waals surface area contributed by atoms with Gasteiger partial charge < -0.3 is 20.4 Å². The second-order valence-electron chi connectivity index (χ2n) is 7.17. The number of hydrogen-bond donors (Lipinski definition) is 2. The fourth-order valence-corrected chi connectivity index (χ4v) is 3.40. The number of amides is 3. The number of urea groups is 1. The third kappa shape index (κ3) is 4.60. The Kier molecular flexibility index (Phi) is 5.65. The molecule has 0 aliphatic carbocycles. The first-order chi connectivity index (χ1) is 14.6. The van der Waals surface area contributed by atoms with E-state index in [2.05, 4.69) is 32.8 Å². The standard InChI is InChI=1S/C22H24N6O2/c1-26-16-19(15-23-26)24-21(29)17-7-9-18(10-8-17)25-22(30)28-13-11-27(12-14-28)20-5-3-2-4-6-20/h2-10,15-16H,11-14H2,1H3,(H,24,29)(H,25,30). The molecule has 2 heterocycles. The highest BCUT2D eigenvalue weighted by atomic mass is 16.2. The fraction of sp³-hybridized carbons (Fsp3) is 0.227. The van der Waals surface area contributed by atoms with E-state index in [4.69, 9.17) is 0 Å². The fourth-order valence-electron chi connectivity index (χ4n) is 3.40. The summed E-state index contributed by atoms with van der Waals surface area (Å²) in [6, 6.07) is 16.9. The minimum atomic E-state index is -0.224. The molecule has 0 radical (unpaired) electrons. The molecule has 0 bridgehead atoms. The Morgan fingerprint density at radius 3 is 2.20 bits per heavy atom. The molecule has 8 nitrogen and oxygen atoms in total. The van der Waals surface area contributed by atoms with Gasteiger partial charge in [0.15, 0.2) is 0 Å². The zero-order valence-electron chi connectivity index (χ0n) is 16.8. The Balaban J connectivity index is 1.29. The molecule has 1 aliphatic heterocycles. The van der Waals surface area contributed by atoms with Crippen molar-refractivity contribution in [2.75, 3.05) is 41.7 Å². The molecule has 0 spiro atoms. The van der Waals surface area contributed by atoms with Gasteiger partial charge in [-0.25, -0.2) is 4.79 Å². The number of anilines is 3. The van der Waals surface area contributed by atoms with Gasteiger partial charge in [-0.15, -0.1) is 0 Å². The normalized spacial score (nSPS) is 13.8. The highest BCUT2D eigenvalue weighted by Crippen LogP contribution is 2.17. The number of nitrogens with zero attached hydrogens (tertiary/aromatic N) is 4. The maximum atomic E-state index is 12.6. The van der Waals surface area contributed by atoms with Gasteiger partial charge in [0.25, 0.3) is 5.91 Å². The Bertz CT molecular complexity index is 1010. The lowest BCUT2D eigenvalue weighted by molar-refractivity contribution is 0.102. The first kappa shape index (κ1) is 19.5. The molecule has 154 valence electrons. The summed E-state index contributed by atoms with van der Waals surface area (Å²) in [5, 5.41) is 9.72. The minimum absolute atomic E-state index is 0.129. The van der Waals surface area contributed by atoms with Crippen molar-refractivity contribution in [1.29, 1.82) is 0 Å². The van der Waals surface area contributed by atoms with E-state index in [9.17, 15) is 9.59 Å². The molecule has 3 aromatic rings. The number of carbonyl (C=O) groups is 2. The van der Waals surface area contributed by atoms with E-state index in [1.807, 2.05) is 23.1 Å². The van der Waals surface area contributed by atoms with Crippen LogP contribution in [0.4, 0.5) is 21.9 Å². The number of hydrogen-bond acceptors (Lipinski definition) is 4. The highest BCUT2D eigenvalue weighted by molar-refractivity contribution is 6.04. The summed E-state index contributed by atoms with van der Waals surface area (Å²) in [6.45, 7) is 2.91. The Morgan fingerprint density at radius 2 is 1.57 bits per heavy atom. The van der Waals surface area contributed by atoms with Crippen LogP contribution in [0.25, 0.3) is 0 Å². The predicted octanol–water partition coefficient (Wildman–Crippen LogP) is 3.03. The van der Waals surface area contributed by atoms with Crippen LogP contribution in [0.15, 0.2) is 67.0 Å². The molecule has 30 heavy (non-hydrogen) atoms. The molecule has 2 aromatic carbocycles. The van der Waals surface area contributed by atoms with Crippen molar-refractivity contribution in [3.63, 3.8) is 0 Å². The lowest BCUT2D eigenvalue weighted by atomic mass is 10.2. The summed E-state index contributed by atoms with van der Waals surface area (Å²) in [5.41, 5.74) is 2.98. The van der Waals surface area contributed by atoms with Crippen molar-refractivity contribution in [3.8, 4) is 0 Å². The second kappa shape index (κ2) is 8.69. The molecule has 4 rings (SSSR count). The Hall–Kier alpha value is -3.81. The maximum Gasteiger partial charge on any atom is 0.321 e. The summed E-state index contributed by atoms with van der Waals surface area (Å²) >= 11 is 0. The van der Waals surface area contributed by atoms with E-state index in [0.29, 0.717) is 30.0 Å². The van der Waals surface area contributed by atoms with Gasteiger partial charge >= 0.3 is 6.03 Å². The SMILES string of the molecule is Cn1cc(NC(=O)c2ccc(NC(=O)N3CCN(c4ccccc4)CC3)cc2)cn1. The summed E-state index contributed by atoms with van der Waals surface area (Å²) < 4.78 is 1.62. The zero-order valence-corrected chi connectivity index (χ0v) is 16.8. The molecule has 1 aliphatic rings. The average molecular weight is 404 g/mol. The monoisotopic (exact) mass is 404 g/mol. The van der Waals surface area contributed by atoms with Gasteiger partial charge in [-0.1, -0.05) is 18.2 Å². The van der Waals surface area contributed by atoms with E-state index >= 15 is 0 Å². The molecule has 0 atom stereocenters. The van der Waals surface area contributed by atoms with Crippen LogP contribution in [0.2, 0.25) is 0 Å². The molecule has 0 unspecified atom stereocenters. The Morgan fingerprint density at radius 1 is 0.867 bits per heavy atom. The predicted molar refractivity (Wildman–Crippen MR) is 117 cm³/mol. The van der Waals surface area contributed by atoms with Crippen molar-refractivity contribution in [3.05, 3.63) is 72.6 Å². The van der Waals surface area contributed by atoms with Crippen LogP contribution in [0.3, 0.4) is 0 Å². The average Bonchev–Trinajstić information content (AvgIpc) is 3.19. The number of nitrogens with one attached hydrogen (secondary N) is 2. The van der Waals surface area contributed by atoms with Crippen molar-refractivity contribution in [2.24, 2.45) is 7.05 Å². The molecular formula is C22H24N6O2. The number of aryl methyl sites for hydroxylation is 1. The van der Waals surface area contributed by atoms with Gasteiger partial charge in [0, 0.05) is 56.4 Å². The molecule has 1 fully saturated rings. The number of piperazine rings is 1. The van der Waals surface area contributed by atoms with Crippen molar-refractivity contribution in [2.45, 2.75) is 0 Å². The summed E-state index contributed by atoms with van der Waals surface area (Å²) in [6.07, 6.45) is 3.31. The lowest BCUT2D eigenvalue weighted by Crippen LogP contribution is -2.50. The van der Waals surface area contributed by atoms with Crippen molar-refractivity contribution < 1.29 is 9.59 Å². The topological polar surface area (TPSA) is 82.5 Å². The van der Waals surface area contributed by atoms with Gasteiger partial charge in [-0.2, -0.15) is 5.10 Å². The summed E-state index contributed by atoms with van der Waals surface area (Å²) in [5.74, 6) is -0.224. The van der Waals surface area contributed by atoms with E-state index in [0.717, 1.165) is 13.1 Å². The summed E-state index contributed by atoms with van der Waals surface area (Å²) in [7, 11) is 1.79. The first-order valence-electron chi connectivity index (χ1n) is 9.84. The third-order valence-electron chi connectivity index (χ3n) is 5.05. The molecular weight excluding hydrogens is 380 g/mol. The third-order valence-corrected chi connectivity index (χ3v) is 5.05. The molecule has 8 heteroatoms. The molecule has 2 N–H and O–H groups in total. The molecule has 1 aromatic heterocycles. The number of rotatable bonds is 4. The summed E-state index contributed by atoms with van der Waals surface area (Å²) in [4.78, 5) is 29.0. The van der Waals surface area contributed by atoms with Crippen LogP contribution >= 0.6 is 0 Å². The molecule has 3 amide bonds. The van der Waals surface area contributed by atoms with Crippen LogP contribution in [0.5, 0.6) is 0 Å². The zero-order chi connectivity index (χ0) is 20.9. The van der Waals surface area contributed by atoms with Gasteiger partial charge in [0.1, 0.15) is 0 Å². The number of para-hydroxylation sites is 1. The van der Waals surface area contributed by atoms with E-state index in [1.165, 1.54) is 5.69 Å². The van der Waals surface area contributed by atoms with Gasteiger partial charge in [0.05, 0.1) is 11.9 Å². The Labute approximate surface area is 175 Å². The van der Waals surface area contributed by atoms with Crippen LogP contribution in [0.1, 0.15) is 10.4 Å². The van der Waals surface area contributed by atoms with Crippen molar-refractivity contribution >= 4 is 29.0 Å². The molecule has 0 saturated carbocycles. The largest absolute Gasteiger partial charge is 0.368 e. The molecule has 1 saturated heterocycles. The minimum Gasteiger partial charge on any atom is -0.368 e. The van der Waals surface area contributed by atoms with Gasteiger partial charge in [-0.3, -0.25) is 9.48 Å². The van der Waals surface area contributed by atoms with Crippen LogP contribution in [-0.4, -0.2) is 52.8 Å². The number of aromatic nitrogens is 2. The van der Waals surface area contributed by atoms with Crippen LogP contribution in [-0.2, 0) is 7.05 Å². The van der Waals surface area contributed by atoms with Gasteiger partial charge in [0.2, 0.25) is 0 Å². The highest BCUT2D eigenvalue weighted by Gasteiger charge is 2.21. The lowest BCUT2D eigenvalue weighted by Gasteiger charge is -2.36. The van der Waals surface area contributed by atoms with Crippen LogP contribution in [0, 0.1) is 0 Å². The number of benzene rings is 2. The first-order valence-corrected chi connectivity index (χ1v) is 9.84. The van der Waals surface area contributed by atoms with E-state index < -0.39 is 0 Å².